The molecule has 1 fully saturated rings. The van der Waals surface area contributed by atoms with Crippen molar-refractivity contribution in [3.8, 4) is 11.5 Å². The van der Waals surface area contributed by atoms with E-state index in [1.165, 1.54) is 29.7 Å². The van der Waals surface area contributed by atoms with Gasteiger partial charge in [-0.2, -0.15) is 5.10 Å². The Bertz CT molecular complexity index is 653. The van der Waals surface area contributed by atoms with Gasteiger partial charge in [0.05, 0.1) is 20.4 Å². The van der Waals surface area contributed by atoms with Crippen molar-refractivity contribution < 1.29 is 9.47 Å². The second kappa shape index (κ2) is 7.04. The van der Waals surface area contributed by atoms with E-state index in [2.05, 4.69) is 34.2 Å². The Kier molecular flexibility index (Phi) is 4.86. The Morgan fingerprint density at radius 2 is 2.09 bits per heavy atom. The van der Waals surface area contributed by atoms with E-state index in [4.69, 9.17) is 9.47 Å². The molecule has 23 heavy (non-hydrogen) atoms. The van der Waals surface area contributed by atoms with E-state index in [0.717, 1.165) is 31.1 Å². The number of nitrogens with one attached hydrogen (secondary N) is 1. The van der Waals surface area contributed by atoms with Crippen molar-refractivity contribution >= 4 is 0 Å². The van der Waals surface area contributed by atoms with Crippen molar-refractivity contribution in [2.24, 2.45) is 0 Å². The molecule has 1 aliphatic rings. The zero-order valence-corrected chi connectivity index (χ0v) is 14.1. The van der Waals surface area contributed by atoms with Crippen molar-refractivity contribution in [3.63, 3.8) is 0 Å². The van der Waals surface area contributed by atoms with Crippen molar-refractivity contribution in [2.45, 2.75) is 32.2 Å². The van der Waals surface area contributed by atoms with Crippen molar-refractivity contribution in [2.75, 3.05) is 27.3 Å². The fourth-order valence-corrected chi connectivity index (χ4v) is 3.44. The molecule has 1 aromatic heterocycles. The van der Waals surface area contributed by atoms with E-state index in [1.807, 2.05) is 12.3 Å². The molecule has 1 N–H and O–H groups in total. The fraction of sp³-hybridized carbons (Fsp3) is 0.500. The second-order valence-electron chi connectivity index (χ2n) is 6.23. The minimum absolute atomic E-state index is 0.548. The van der Waals surface area contributed by atoms with Gasteiger partial charge in [-0.15, -0.1) is 0 Å². The third-order valence-corrected chi connectivity index (χ3v) is 4.64. The summed E-state index contributed by atoms with van der Waals surface area (Å²) >= 11 is 0. The molecule has 0 aliphatic carbocycles. The average molecular weight is 315 g/mol. The van der Waals surface area contributed by atoms with E-state index < -0.39 is 0 Å². The predicted octanol–water partition coefficient (Wildman–Crippen LogP) is 3.11. The number of ether oxygens (including phenoxy) is 2. The number of benzene rings is 1. The van der Waals surface area contributed by atoms with Crippen LogP contribution >= 0.6 is 0 Å². The summed E-state index contributed by atoms with van der Waals surface area (Å²) in [6.45, 7) is 5.27. The summed E-state index contributed by atoms with van der Waals surface area (Å²) in [6.07, 6.45) is 4.37. The molecule has 0 amide bonds. The summed E-state index contributed by atoms with van der Waals surface area (Å²) in [5.41, 5.74) is 3.81. The summed E-state index contributed by atoms with van der Waals surface area (Å²) < 4.78 is 10.7. The van der Waals surface area contributed by atoms with E-state index >= 15 is 0 Å². The van der Waals surface area contributed by atoms with Crippen LogP contribution in [0.25, 0.3) is 0 Å². The molecule has 2 heterocycles. The van der Waals surface area contributed by atoms with Gasteiger partial charge in [0.2, 0.25) is 0 Å². The van der Waals surface area contributed by atoms with E-state index in [-0.39, 0.29) is 0 Å². The minimum atomic E-state index is 0.548. The quantitative estimate of drug-likeness (QED) is 0.921. The Labute approximate surface area is 137 Å². The van der Waals surface area contributed by atoms with Crippen molar-refractivity contribution in [1.29, 1.82) is 0 Å². The molecule has 3 rings (SSSR count). The van der Waals surface area contributed by atoms with Crippen LogP contribution in [0, 0.1) is 6.92 Å². The van der Waals surface area contributed by atoms with Gasteiger partial charge < -0.3 is 9.47 Å². The van der Waals surface area contributed by atoms with Gasteiger partial charge in [0, 0.05) is 24.7 Å². The highest BCUT2D eigenvalue weighted by atomic mass is 16.5. The molecule has 5 nitrogen and oxygen atoms in total. The highest BCUT2D eigenvalue weighted by Crippen LogP contribution is 2.31. The van der Waals surface area contributed by atoms with Crippen LogP contribution in [0.2, 0.25) is 0 Å². The lowest BCUT2D eigenvalue weighted by Crippen LogP contribution is -2.34. The molecule has 0 spiro atoms. The number of hydrogen-bond acceptors (Lipinski definition) is 4. The normalized spacial score (nSPS) is 18.8. The van der Waals surface area contributed by atoms with E-state index in [9.17, 15) is 0 Å². The number of H-pyrrole nitrogens is 1. The van der Waals surface area contributed by atoms with Crippen molar-refractivity contribution in [3.05, 3.63) is 41.2 Å². The lowest BCUT2D eigenvalue weighted by molar-refractivity contribution is 0.198. The van der Waals surface area contributed by atoms with Gasteiger partial charge in [0.1, 0.15) is 0 Å². The van der Waals surface area contributed by atoms with Gasteiger partial charge in [-0.1, -0.05) is 6.07 Å². The number of nitrogens with zero attached hydrogens (tertiary/aromatic N) is 2. The monoisotopic (exact) mass is 315 g/mol. The number of aromatic nitrogens is 2. The zero-order valence-electron chi connectivity index (χ0n) is 14.1. The molecule has 1 aromatic carbocycles. The summed E-state index contributed by atoms with van der Waals surface area (Å²) in [7, 11) is 3.35. The van der Waals surface area contributed by atoms with Crippen molar-refractivity contribution in [1.82, 2.24) is 15.1 Å². The van der Waals surface area contributed by atoms with Gasteiger partial charge in [-0.25, -0.2) is 0 Å². The maximum absolute atomic E-state index is 5.41. The number of aromatic amines is 1. The molecule has 1 unspecified atom stereocenters. The first kappa shape index (κ1) is 15.9. The Morgan fingerprint density at radius 3 is 2.78 bits per heavy atom. The summed E-state index contributed by atoms with van der Waals surface area (Å²) in [5, 5.41) is 7.35. The Morgan fingerprint density at radius 1 is 1.26 bits per heavy atom. The molecule has 0 radical (unpaired) electrons. The maximum atomic E-state index is 5.41. The molecule has 1 atom stereocenters. The number of methoxy groups -OCH3 is 2. The third-order valence-electron chi connectivity index (χ3n) is 4.64. The van der Waals surface area contributed by atoms with E-state index in [1.54, 1.807) is 14.2 Å². The van der Waals surface area contributed by atoms with Crippen LogP contribution < -0.4 is 9.47 Å². The SMILES string of the molecule is COc1ccc(CN2CCCC(c3[nH]ncc3C)C2)cc1OC. The number of piperidine rings is 1. The highest BCUT2D eigenvalue weighted by Gasteiger charge is 2.23. The largest absolute Gasteiger partial charge is 0.493 e. The minimum Gasteiger partial charge on any atom is -0.493 e. The second-order valence-corrected chi connectivity index (χ2v) is 6.23. The predicted molar refractivity (Wildman–Crippen MR) is 90.1 cm³/mol. The first-order valence-electron chi connectivity index (χ1n) is 8.14. The van der Waals surface area contributed by atoms with Gasteiger partial charge in [-0.3, -0.25) is 10.00 Å². The van der Waals surface area contributed by atoms with Gasteiger partial charge in [0.25, 0.3) is 0 Å². The summed E-state index contributed by atoms with van der Waals surface area (Å²) in [5.74, 6) is 2.12. The lowest BCUT2D eigenvalue weighted by atomic mass is 9.92. The Balaban J connectivity index is 1.69. The Hall–Kier alpha value is -2.01. The van der Waals surface area contributed by atoms with Crippen LogP contribution in [0.5, 0.6) is 11.5 Å². The number of hydrogen-bond donors (Lipinski definition) is 1. The van der Waals surface area contributed by atoms with Gasteiger partial charge in [-0.05, 0) is 49.6 Å². The first-order valence-corrected chi connectivity index (χ1v) is 8.14. The molecular weight excluding hydrogens is 290 g/mol. The van der Waals surface area contributed by atoms with Crippen LogP contribution in [-0.2, 0) is 6.54 Å². The first-order chi connectivity index (χ1) is 11.2. The van der Waals surface area contributed by atoms with Crippen LogP contribution in [0.4, 0.5) is 0 Å². The van der Waals surface area contributed by atoms with Gasteiger partial charge >= 0.3 is 0 Å². The highest BCUT2D eigenvalue weighted by molar-refractivity contribution is 5.42. The van der Waals surface area contributed by atoms with E-state index in [0.29, 0.717) is 5.92 Å². The van der Waals surface area contributed by atoms with Crippen LogP contribution in [0.15, 0.2) is 24.4 Å². The van der Waals surface area contributed by atoms with Crippen LogP contribution in [0.3, 0.4) is 0 Å². The lowest BCUT2D eigenvalue weighted by Gasteiger charge is -2.32. The molecule has 0 bridgehead atoms. The summed E-state index contributed by atoms with van der Waals surface area (Å²) in [4.78, 5) is 2.51. The zero-order chi connectivity index (χ0) is 16.2. The van der Waals surface area contributed by atoms with Crippen LogP contribution in [0.1, 0.15) is 35.6 Å². The molecule has 2 aromatic rings. The third kappa shape index (κ3) is 3.50. The summed E-state index contributed by atoms with van der Waals surface area (Å²) in [6, 6.07) is 6.17. The topological polar surface area (TPSA) is 50.4 Å². The molecule has 1 saturated heterocycles. The number of aryl methyl sites for hydroxylation is 1. The molecular formula is C18H25N3O2. The van der Waals surface area contributed by atoms with Gasteiger partial charge in [0.15, 0.2) is 11.5 Å². The maximum Gasteiger partial charge on any atom is 0.161 e. The standard InChI is InChI=1S/C18H25N3O2/c1-13-10-19-20-18(13)15-5-4-8-21(12-15)11-14-6-7-16(22-2)17(9-14)23-3/h6-7,9-10,15H,4-5,8,11-12H2,1-3H3,(H,19,20). The number of likely N-dealkylation sites (tertiary alicyclic amines) is 1. The molecule has 1 aliphatic heterocycles. The molecule has 0 saturated carbocycles. The smallest absolute Gasteiger partial charge is 0.161 e. The van der Waals surface area contributed by atoms with Crippen LogP contribution in [-0.4, -0.2) is 42.4 Å². The fourth-order valence-electron chi connectivity index (χ4n) is 3.44. The molecule has 124 valence electrons. The number of rotatable bonds is 5. The average Bonchev–Trinajstić information content (AvgIpc) is 3.01. The molecule has 5 heteroatoms.